The number of hydrogen-bond donors (Lipinski definition) is 2. The number of carbonyl (C=O) groups excluding carboxylic acids is 1. The second-order valence-corrected chi connectivity index (χ2v) is 11.4. The molecule has 2 rings (SSSR count). The van der Waals surface area contributed by atoms with Crippen molar-refractivity contribution in [3.8, 4) is 17.2 Å². The summed E-state index contributed by atoms with van der Waals surface area (Å²) in [5.74, 6) is 0.983. The van der Waals surface area contributed by atoms with E-state index in [2.05, 4.69) is 13.8 Å². The van der Waals surface area contributed by atoms with E-state index in [1.54, 1.807) is 24.3 Å². The molecule has 5 nitrogen and oxygen atoms in total. The predicted octanol–water partition coefficient (Wildman–Crippen LogP) is 11.2. The lowest BCUT2D eigenvalue weighted by atomic mass is 10.1. The highest BCUT2D eigenvalue weighted by molar-refractivity contribution is 5.89. The Bertz CT molecular complexity index is 863. The molecule has 0 heterocycles. The number of carbonyl (C=O) groups is 1. The number of aromatic hydroxyl groups is 2. The van der Waals surface area contributed by atoms with Gasteiger partial charge in [-0.2, -0.15) is 0 Å². The Balaban J connectivity index is 0.000000422. The molecule has 0 aromatic heterocycles. The molecule has 238 valence electrons. The largest absolute Gasteiger partial charge is 0.508 e. The summed E-state index contributed by atoms with van der Waals surface area (Å²) in [6.45, 7) is 5.77. The maximum absolute atomic E-state index is 11.7. The Morgan fingerprint density at radius 3 is 1.29 bits per heavy atom. The first kappa shape index (κ1) is 37.3. The minimum absolute atomic E-state index is 0.159. The molecular weight excluding hydrogens is 524 g/mol. The quantitative estimate of drug-likeness (QED) is 0.0948. The topological polar surface area (TPSA) is 76.0 Å². The van der Waals surface area contributed by atoms with Crippen LogP contribution in [0.4, 0.5) is 0 Å². The molecule has 2 N–H and O–H groups in total. The van der Waals surface area contributed by atoms with Gasteiger partial charge in [-0.15, -0.1) is 0 Å². The van der Waals surface area contributed by atoms with Crippen molar-refractivity contribution in [3.05, 3.63) is 54.1 Å². The lowest BCUT2D eigenvalue weighted by molar-refractivity contribution is 0.0497. The van der Waals surface area contributed by atoms with E-state index >= 15 is 0 Å². The number of unbranched alkanes of at least 4 members (excludes halogenated alkanes) is 18. The minimum Gasteiger partial charge on any atom is -0.508 e. The zero-order chi connectivity index (χ0) is 30.5. The first-order valence-corrected chi connectivity index (χ1v) is 16.9. The monoisotopic (exact) mass is 584 g/mol. The van der Waals surface area contributed by atoms with Gasteiger partial charge in [0.05, 0.1) is 18.8 Å². The number of phenolic OH excluding ortho intramolecular Hbond substituents is 2. The molecule has 0 bridgehead atoms. The molecule has 0 amide bonds. The van der Waals surface area contributed by atoms with Crippen LogP contribution >= 0.6 is 0 Å². The normalized spacial score (nSPS) is 10.6. The highest BCUT2D eigenvalue weighted by atomic mass is 16.5. The van der Waals surface area contributed by atoms with Crippen molar-refractivity contribution in [1.82, 2.24) is 0 Å². The molecular formula is C37H60O5. The molecule has 0 unspecified atom stereocenters. The molecule has 5 heteroatoms. The summed E-state index contributed by atoms with van der Waals surface area (Å²) < 4.78 is 10.8. The summed E-state index contributed by atoms with van der Waals surface area (Å²) in [4.78, 5) is 11.7. The van der Waals surface area contributed by atoms with Gasteiger partial charge >= 0.3 is 5.97 Å². The molecule has 42 heavy (non-hydrogen) atoms. The van der Waals surface area contributed by atoms with Gasteiger partial charge in [0.2, 0.25) is 0 Å². The summed E-state index contributed by atoms with van der Waals surface area (Å²) >= 11 is 0. The third kappa shape index (κ3) is 22.0. The number of hydrogen-bond acceptors (Lipinski definition) is 5. The fourth-order valence-electron chi connectivity index (χ4n) is 4.76. The maximum atomic E-state index is 11.7. The summed E-state index contributed by atoms with van der Waals surface area (Å²) in [5.41, 5.74) is 0.491. The summed E-state index contributed by atoms with van der Waals surface area (Å²) in [6, 6.07) is 13.1. The lowest BCUT2D eigenvalue weighted by Crippen LogP contribution is -2.06. The molecule has 0 radical (unpaired) electrons. The van der Waals surface area contributed by atoms with Crippen molar-refractivity contribution in [3.63, 3.8) is 0 Å². The van der Waals surface area contributed by atoms with Gasteiger partial charge in [0, 0.05) is 0 Å². The SMILES string of the molecule is CCCCCCCCCCCCOC(=O)c1ccc(O)cc1.CCCCCCCCCCCCOc1ccc(O)cc1. The number of phenols is 2. The van der Waals surface area contributed by atoms with Gasteiger partial charge in [-0.1, -0.05) is 129 Å². The van der Waals surface area contributed by atoms with Crippen molar-refractivity contribution >= 4 is 5.97 Å². The number of rotatable bonds is 24. The van der Waals surface area contributed by atoms with E-state index in [1.165, 1.54) is 121 Å². The minimum atomic E-state index is -0.309. The zero-order valence-electron chi connectivity index (χ0n) is 26.8. The van der Waals surface area contributed by atoms with Crippen LogP contribution in [0.15, 0.2) is 48.5 Å². The van der Waals surface area contributed by atoms with Crippen molar-refractivity contribution in [2.45, 2.75) is 142 Å². The second kappa shape index (κ2) is 27.2. The van der Waals surface area contributed by atoms with Crippen LogP contribution in [0.5, 0.6) is 17.2 Å². The molecule has 0 fully saturated rings. The van der Waals surface area contributed by atoms with Gasteiger partial charge in [0.15, 0.2) is 0 Å². The van der Waals surface area contributed by atoms with Crippen LogP contribution in [0.1, 0.15) is 153 Å². The average Bonchev–Trinajstić information content (AvgIpc) is 3.00. The fraction of sp³-hybridized carbons (Fsp3) is 0.649. The summed E-state index contributed by atoms with van der Waals surface area (Å²) in [6.07, 6.45) is 26.1. The van der Waals surface area contributed by atoms with Gasteiger partial charge in [-0.05, 0) is 61.4 Å². The highest BCUT2D eigenvalue weighted by Crippen LogP contribution is 2.17. The number of benzene rings is 2. The van der Waals surface area contributed by atoms with Crippen LogP contribution in [-0.4, -0.2) is 29.4 Å². The number of ether oxygens (including phenoxy) is 2. The summed E-state index contributed by atoms with van der Waals surface area (Å²) in [7, 11) is 0. The van der Waals surface area contributed by atoms with E-state index in [0.29, 0.717) is 12.2 Å². The Labute approximate surface area is 257 Å². The third-order valence-corrected chi connectivity index (χ3v) is 7.44. The van der Waals surface area contributed by atoms with Crippen LogP contribution in [0.25, 0.3) is 0 Å². The maximum Gasteiger partial charge on any atom is 0.338 e. The Morgan fingerprint density at radius 2 is 0.857 bits per heavy atom. The second-order valence-electron chi connectivity index (χ2n) is 11.4. The fourth-order valence-corrected chi connectivity index (χ4v) is 4.76. The van der Waals surface area contributed by atoms with Crippen LogP contribution in [-0.2, 0) is 4.74 Å². The highest BCUT2D eigenvalue weighted by Gasteiger charge is 2.06. The molecule has 0 saturated heterocycles. The molecule has 0 aliphatic rings. The van der Waals surface area contributed by atoms with Gasteiger partial charge < -0.3 is 19.7 Å². The van der Waals surface area contributed by atoms with Crippen molar-refractivity contribution < 1.29 is 24.5 Å². The number of esters is 1. The first-order chi connectivity index (χ1) is 20.6. The van der Waals surface area contributed by atoms with E-state index in [1.807, 2.05) is 12.1 Å². The lowest BCUT2D eigenvalue weighted by Gasteiger charge is -2.06. The van der Waals surface area contributed by atoms with E-state index in [0.717, 1.165) is 31.6 Å². The molecule has 0 aliphatic heterocycles. The molecule has 0 saturated carbocycles. The molecule has 0 aliphatic carbocycles. The van der Waals surface area contributed by atoms with Gasteiger partial charge in [0.25, 0.3) is 0 Å². The van der Waals surface area contributed by atoms with Gasteiger partial charge in [-0.3, -0.25) is 0 Å². The third-order valence-electron chi connectivity index (χ3n) is 7.44. The van der Waals surface area contributed by atoms with E-state index in [4.69, 9.17) is 19.7 Å². The smallest absolute Gasteiger partial charge is 0.338 e. The predicted molar refractivity (Wildman–Crippen MR) is 176 cm³/mol. The Morgan fingerprint density at radius 1 is 0.500 bits per heavy atom. The van der Waals surface area contributed by atoms with Gasteiger partial charge in [0.1, 0.15) is 17.2 Å². The molecule has 0 atom stereocenters. The molecule has 2 aromatic rings. The first-order valence-electron chi connectivity index (χ1n) is 16.9. The Kier molecular flexibility index (Phi) is 24.1. The summed E-state index contributed by atoms with van der Waals surface area (Å²) in [5, 5.41) is 18.3. The van der Waals surface area contributed by atoms with Crippen LogP contribution < -0.4 is 4.74 Å². The van der Waals surface area contributed by atoms with Crippen molar-refractivity contribution in [2.75, 3.05) is 13.2 Å². The van der Waals surface area contributed by atoms with E-state index < -0.39 is 0 Å². The molecule has 0 spiro atoms. The standard InChI is InChI=1S/C19H30O3.C18H30O2/c1-2-3-4-5-6-7-8-9-10-11-16-22-19(21)17-12-14-18(20)15-13-17;1-2-3-4-5-6-7-8-9-10-11-16-20-18-14-12-17(19)13-15-18/h12-15,20H,2-11,16H2,1H3;12-15,19H,2-11,16H2,1H3. The van der Waals surface area contributed by atoms with Crippen LogP contribution in [0.3, 0.4) is 0 Å². The van der Waals surface area contributed by atoms with Crippen LogP contribution in [0.2, 0.25) is 0 Å². The van der Waals surface area contributed by atoms with Gasteiger partial charge in [-0.25, -0.2) is 4.79 Å². The van der Waals surface area contributed by atoms with E-state index in [-0.39, 0.29) is 17.5 Å². The molecule has 2 aromatic carbocycles. The zero-order valence-corrected chi connectivity index (χ0v) is 26.8. The van der Waals surface area contributed by atoms with Crippen molar-refractivity contribution in [2.24, 2.45) is 0 Å². The van der Waals surface area contributed by atoms with Crippen LogP contribution in [0, 0.1) is 0 Å². The Hall–Kier alpha value is -2.69. The van der Waals surface area contributed by atoms with Crippen molar-refractivity contribution in [1.29, 1.82) is 0 Å². The average molecular weight is 585 g/mol. The van der Waals surface area contributed by atoms with E-state index in [9.17, 15) is 4.79 Å².